The van der Waals surface area contributed by atoms with Crippen LogP contribution < -0.4 is 24.4 Å². The van der Waals surface area contributed by atoms with Crippen LogP contribution in [0.5, 0.6) is 11.5 Å². The van der Waals surface area contributed by atoms with Crippen LogP contribution in [-0.4, -0.2) is 30.4 Å². The molecule has 0 fully saturated rings. The zero-order chi connectivity index (χ0) is 23.8. The third-order valence-electron chi connectivity index (χ3n) is 5.77. The maximum absolute atomic E-state index is 13.6. The van der Waals surface area contributed by atoms with Crippen molar-refractivity contribution in [2.75, 3.05) is 19.8 Å². The van der Waals surface area contributed by atoms with Crippen LogP contribution in [0.3, 0.4) is 0 Å². The van der Waals surface area contributed by atoms with Gasteiger partial charge in [0.2, 0.25) is 0 Å². The Morgan fingerprint density at radius 2 is 1.88 bits per heavy atom. The van der Waals surface area contributed by atoms with Crippen LogP contribution in [0.1, 0.15) is 36.6 Å². The summed E-state index contributed by atoms with van der Waals surface area (Å²) in [5, 5.41) is 0. The van der Waals surface area contributed by atoms with Crippen molar-refractivity contribution in [3.63, 3.8) is 0 Å². The molecule has 7 nitrogen and oxygen atoms in total. The second kappa shape index (κ2) is 8.95. The first-order valence-electron chi connectivity index (χ1n) is 11.1. The van der Waals surface area contributed by atoms with E-state index in [0.29, 0.717) is 45.3 Å². The van der Waals surface area contributed by atoms with Crippen LogP contribution in [0.15, 0.2) is 63.5 Å². The molecule has 3 heterocycles. The first-order valence-corrected chi connectivity index (χ1v) is 11.9. The minimum Gasteiger partial charge on any atom is -0.486 e. The van der Waals surface area contributed by atoms with Gasteiger partial charge in [0.05, 0.1) is 28.5 Å². The van der Waals surface area contributed by atoms with Gasteiger partial charge in [0.1, 0.15) is 13.2 Å². The van der Waals surface area contributed by atoms with Crippen molar-refractivity contribution in [2.45, 2.75) is 26.8 Å². The zero-order valence-corrected chi connectivity index (χ0v) is 20.0. The summed E-state index contributed by atoms with van der Waals surface area (Å²) in [6.45, 7) is 6.79. The molecule has 0 radical (unpaired) electrons. The van der Waals surface area contributed by atoms with Gasteiger partial charge in [-0.25, -0.2) is 9.79 Å². The molecule has 0 spiro atoms. The number of fused-ring (bicyclic) bond motifs is 2. The topological polar surface area (TPSA) is 79.1 Å². The van der Waals surface area contributed by atoms with Crippen LogP contribution in [-0.2, 0) is 9.53 Å². The fraction of sp³-hybridized carbons (Fsp3) is 0.269. The first kappa shape index (κ1) is 22.2. The molecule has 0 aliphatic carbocycles. The monoisotopic (exact) mass is 476 g/mol. The SMILES string of the molecule is CCOC(=O)C1=C(C)N=c2s/c(=C\c3ccc4c(c3)OCCO4)c(=O)n2[C@H]1c1ccc(C)cc1. The lowest BCUT2D eigenvalue weighted by Crippen LogP contribution is -2.39. The van der Waals surface area contributed by atoms with Gasteiger partial charge in [-0.05, 0) is 50.1 Å². The number of hydrogen-bond acceptors (Lipinski definition) is 7. The number of esters is 1. The van der Waals surface area contributed by atoms with Gasteiger partial charge in [-0.15, -0.1) is 0 Å². The average molecular weight is 477 g/mol. The quantitative estimate of drug-likeness (QED) is 0.541. The minimum atomic E-state index is -0.613. The van der Waals surface area contributed by atoms with Gasteiger partial charge in [0.15, 0.2) is 16.3 Å². The van der Waals surface area contributed by atoms with E-state index in [1.807, 2.05) is 55.5 Å². The highest BCUT2D eigenvalue weighted by Crippen LogP contribution is 2.32. The Bertz CT molecular complexity index is 1480. The highest BCUT2D eigenvalue weighted by Gasteiger charge is 2.33. The van der Waals surface area contributed by atoms with Crippen molar-refractivity contribution >= 4 is 23.4 Å². The Balaban J connectivity index is 1.67. The van der Waals surface area contributed by atoms with Crippen molar-refractivity contribution in [2.24, 2.45) is 4.99 Å². The molecule has 1 atom stereocenters. The number of aromatic nitrogens is 1. The van der Waals surface area contributed by atoms with E-state index in [0.717, 1.165) is 16.7 Å². The predicted molar refractivity (Wildman–Crippen MR) is 129 cm³/mol. The molecule has 1 aromatic heterocycles. The fourth-order valence-corrected chi connectivity index (χ4v) is 5.20. The Morgan fingerprint density at radius 3 is 2.62 bits per heavy atom. The maximum atomic E-state index is 13.6. The molecule has 0 bridgehead atoms. The number of thiazole rings is 1. The normalized spacial score (nSPS) is 17.3. The molecule has 0 saturated heterocycles. The van der Waals surface area contributed by atoms with Gasteiger partial charge in [-0.2, -0.15) is 0 Å². The number of nitrogens with zero attached hydrogens (tertiary/aromatic N) is 2. The van der Waals surface area contributed by atoms with Crippen molar-refractivity contribution in [3.05, 3.63) is 90.1 Å². The third-order valence-corrected chi connectivity index (χ3v) is 6.76. The molecule has 0 amide bonds. The van der Waals surface area contributed by atoms with Gasteiger partial charge in [-0.1, -0.05) is 47.2 Å². The van der Waals surface area contributed by atoms with Gasteiger partial charge < -0.3 is 14.2 Å². The smallest absolute Gasteiger partial charge is 0.338 e. The number of benzene rings is 2. The molecule has 0 N–H and O–H groups in total. The van der Waals surface area contributed by atoms with Crippen molar-refractivity contribution < 1.29 is 19.0 Å². The largest absolute Gasteiger partial charge is 0.486 e. The Labute approximate surface area is 200 Å². The van der Waals surface area contributed by atoms with Gasteiger partial charge in [0, 0.05) is 0 Å². The van der Waals surface area contributed by atoms with Crippen molar-refractivity contribution in [1.82, 2.24) is 4.57 Å². The van der Waals surface area contributed by atoms with Crippen LogP contribution in [0.25, 0.3) is 6.08 Å². The Hall–Kier alpha value is -3.65. The molecule has 5 rings (SSSR count). The minimum absolute atomic E-state index is 0.210. The van der Waals surface area contributed by atoms with Crippen molar-refractivity contribution in [3.8, 4) is 11.5 Å². The molecule has 34 heavy (non-hydrogen) atoms. The van der Waals surface area contributed by atoms with E-state index in [2.05, 4.69) is 4.99 Å². The molecular weight excluding hydrogens is 452 g/mol. The summed E-state index contributed by atoms with van der Waals surface area (Å²) >= 11 is 1.30. The Kier molecular flexibility index (Phi) is 5.83. The summed E-state index contributed by atoms with van der Waals surface area (Å²) in [7, 11) is 0. The summed E-state index contributed by atoms with van der Waals surface area (Å²) in [6, 6.07) is 12.8. The van der Waals surface area contributed by atoms with E-state index in [-0.39, 0.29) is 12.2 Å². The second-order valence-electron chi connectivity index (χ2n) is 8.12. The Morgan fingerprint density at radius 1 is 1.15 bits per heavy atom. The summed E-state index contributed by atoms with van der Waals surface area (Å²) in [6.07, 6.45) is 1.82. The van der Waals surface area contributed by atoms with E-state index >= 15 is 0 Å². The molecule has 174 valence electrons. The number of allylic oxidation sites excluding steroid dienone is 1. The number of aryl methyl sites for hydroxylation is 1. The van der Waals surface area contributed by atoms with Gasteiger partial charge in [0.25, 0.3) is 5.56 Å². The third kappa shape index (κ3) is 3.94. The molecule has 8 heteroatoms. The van der Waals surface area contributed by atoms with E-state index in [1.165, 1.54) is 11.3 Å². The lowest BCUT2D eigenvalue weighted by molar-refractivity contribution is -0.139. The lowest BCUT2D eigenvalue weighted by atomic mass is 9.95. The summed E-state index contributed by atoms with van der Waals surface area (Å²) in [4.78, 5) is 31.7. The van der Waals surface area contributed by atoms with Crippen LogP contribution in [0.2, 0.25) is 0 Å². The standard InChI is InChI=1S/C26H24N2O5S/c1-4-31-25(30)22-16(3)27-26-28(23(22)18-8-5-15(2)6-9-18)24(29)21(34-26)14-17-7-10-19-20(13-17)33-12-11-32-19/h5-10,13-14,23H,4,11-12H2,1-3H3/b21-14-/t23-/m0/s1. The highest BCUT2D eigenvalue weighted by molar-refractivity contribution is 7.07. The lowest BCUT2D eigenvalue weighted by Gasteiger charge is -2.24. The van der Waals surface area contributed by atoms with Gasteiger partial charge >= 0.3 is 5.97 Å². The second-order valence-corrected chi connectivity index (χ2v) is 9.13. The highest BCUT2D eigenvalue weighted by atomic mass is 32.1. The maximum Gasteiger partial charge on any atom is 0.338 e. The molecule has 3 aromatic rings. The van der Waals surface area contributed by atoms with Gasteiger partial charge in [-0.3, -0.25) is 9.36 Å². The van der Waals surface area contributed by atoms with Crippen LogP contribution >= 0.6 is 11.3 Å². The zero-order valence-electron chi connectivity index (χ0n) is 19.2. The fourth-order valence-electron chi connectivity index (χ4n) is 4.16. The van der Waals surface area contributed by atoms with Crippen LogP contribution in [0.4, 0.5) is 0 Å². The summed E-state index contributed by atoms with van der Waals surface area (Å²) < 4.78 is 18.7. The predicted octanol–water partition coefficient (Wildman–Crippen LogP) is 2.88. The van der Waals surface area contributed by atoms with E-state index < -0.39 is 12.0 Å². The number of ether oxygens (including phenoxy) is 3. The van der Waals surface area contributed by atoms with Crippen LogP contribution in [0, 0.1) is 6.92 Å². The number of rotatable bonds is 4. The molecule has 0 saturated carbocycles. The van der Waals surface area contributed by atoms with E-state index in [1.54, 1.807) is 18.4 Å². The molecular formula is C26H24N2O5S. The summed E-state index contributed by atoms with van der Waals surface area (Å²) in [5.74, 6) is 0.889. The first-order chi connectivity index (χ1) is 16.5. The molecule has 2 aliphatic heterocycles. The number of carbonyl (C=O) groups excluding carboxylic acids is 1. The van der Waals surface area contributed by atoms with E-state index in [9.17, 15) is 9.59 Å². The average Bonchev–Trinajstić information content (AvgIpc) is 3.13. The number of carbonyl (C=O) groups is 1. The molecule has 2 aliphatic rings. The summed E-state index contributed by atoms with van der Waals surface area (Å²) in [5.41, 5.74) is 3.46. The van der Waals surface area contributed by atoms with Crippen molar-refractivity contribution in [1.29, 1.82) is 0 Å². The molecule has 0 unspecified atom stereocenters. The van der Waals surface area contributed by atoms with E-state index in [4.69, 9.17) is 14.2 Å². The number of hydrogen-bond donors (Lipinski definition) is 0. The molecule has 2 aromatic carbocycles.